The highest BCUT2D eigenvalue weighted by Crippen LogP contribution is 2.39. The van der Waals surface area contributed by atoms with E-state index >= 15 is 0 Å². The third kappa shape index (κ3) is 15.8. The van der Waals surface area contributed by atoms with Crippen molar-refractivity contribution in [3.05, 3.63) is 207 Å². The quantitative estimate of drug-likeness (QED) is 0.0531. The topological polar surface area (TPSA) is 310 Å². The fraction of sp³-hybridized carbons (Fsp3) is 0.221. The Balaban J connectivity index is 0.000000138. The molecule has 0 saturated carbocycles. The smallest absolute Gasteiger partial charge is 0.298 e. The number of amides is 3. The van der Waals surface area contributed by atoms with Gasteiger partial charge in [-0.05, 0) is 148 Å². The van der Waals surface area contributed by atoms with Gasteiger partial charge in [0, 0.05) is 81.8 Å². The molecule has 3 aliphatic heterocycles. The monoisotopic (exact) mass is 1380 g/mol. The number of carbonyl (C=O) groups excluding carboxylic acids is 3. The van der Waals surface area contributed by atoms with Gasteiger partial charge in [0.1, 0.15) is 88.0 Å². The molecule has 0 bridgehead atoms. The summed E-state index contributed by atoms with van der Waals surface area (Å²) in [6.07, 6.45) is 18.7. The van der Waals surface area contributed by atoms with Crippen molar-refractivity contribution >= 4 is 68.3 Å². The summed E-state index contributed by atoms with van der Waals surface area (Å²) in [7, 11) is 5.54. The molecule has 0 spiro atoms. The van der Waals surface area contributed by atoms with E-state index in [1.165, 1.54) is 19.0 Å². The van der Waals surface area contributed by atoms with Crippen molar-refractivity contribution in [1.29, 1.82) is 0 Å². The maximum atomic E-state index is 12.6. The molecule has 3 fully saturated rings. The second-order valence-corrected chi connectivity index (χ2v) is 24.9. The number of nitrogens with two attached hydrogens (primary N) is 3. The zero-order valence-corrected chi connectivity index (χ0v) is 57.0. The molecule has 3 aliphatic rings. The minimum Gasteiger partial charge on any atom is -0.457 e. The molecule has 520 valence electrons. The number of likely N-dealkylation sites (N-methyl/N-ethyl adjacent to an activating group) is 1. The second kappa shape index (κ2) is 31.6. The largest absolute Gasteiger partial charge is 0.457 e. The van der Waals surface area contributed by atoms with E-state index in [2.05, 4.69) is 35.8 Å². The Kier molecular flexibility index (Phi) is 21.0. The zero-order valence-electron chi connectivity index (χ0n) is 57.0. The fourth-order valence-corrected chi connectivity index (χ4v) is 12.6. The number of ether oxygens (including phenoxy) is 4. The van der Waals surface area contributed by atoms with Gasteiger partial charge < -0.3 is 55.7 Å². The molecule has 12 aromatic rings. The molecular weight excluding hydrogens is 1300 g/mol. The van der Waals surface area contributed by atoms with Crippen molar-refractivity contribution in [2.75, 3.05) is 90.8 Å². The van der Waals surface area contributed by atoms with Crippen molar-refractivity contribution in [2.24, 2.45) is 0 Å². The maximum Gasteiger partial charge on any atom is 0.298 e. The van der Waals surface area contributed by atoms with Crippen LogP contribution in [-0.4, -0.2) is 170 Å². The number of aromatic nitrogens is 12. The third-order valence-electron chi connectivity index (χ3n) is 17.7. The van der Waals surface area contributed by atoms with E-state index in [-0.39, 0.29) is 35.8 Å². The number of para-hydroxylation sites is 3. The van der Waals surface area contributed by atoms with Crippen molar-refractivity contribution in [1.82, 2.24) is 78.8 Å². The average molecular weight is 1380 g/mol. The molecule has 3 amide bonds. The van der Waals surface area contributed by atoms with Gasteiger partial charge in [-0.25, -0.2) is 43.9 Å². The first-order valence-corrected chi connectivity index (χ1v) is 33.5. The van der Waals surface area contributed by atoms with Crippen LogP contribution in [0.1, 0.15) is 37.4 Å². The Morgan fingerprint density at radius 2 is 0.786 bits per heavy atom. The molecule has 26 nitrogen and oxygen atoms in total. The maximum absolute atomic E-state index is 12.6. The van der Waals surface area contributed by atoms with Crippen LogP contribution < -0.4 is 31.4 Å². The molecule has 3 atom stereocenters. The minimum atomic E-state index is -0.313. The summed E-state index contributed by atoms with van der Waals surface area (Å²) >= 11 is 0. The Labute approximate surface area is 593 Å². The fourth-order valence-electron chi connectivity index (χ4n) is 12.6. The van der Waals surface area contributed by atoms with Gasteiger partial charge >= 0.3 is 0 Å². The highest BCUT2D eigenvalue weighted by molar-refractivity contribution is 6.01. The zero-order chi connectivity index (χ0) is 71.3. The first kappa shape index (κ1) is 68.7. The summed E-state index contributed by atoms with van der Waals surface area (Å²) in [6, 6.07) is 51.8. The highest BCUT2D eigenvalue weighted by atomic mass is 16.5. The SMILES string of the molecule is C#CC(=O)N1CCC(n2nc(-c3ccc(Oc4ccccc4)cc3)c3c(N)ncnc32)C1.CN(C)C/C=C/C(=O)N1CCC(n2nc(-c3ccc(Oc4ccccc4)cc3)c3c(N)ncnc32)C1.COC/C=C/C(=O)N1CCC(n2nc(-c3ccc(Oc4ccccc4)cc3)c3c(N)ncnc32)C1. The first-order chi connectivity index (χ1) is 50.3. The normalized spacial score (nSPS) is 15.8. The molecule has 3 unspecified atom stereocenters. The van der Waals surface area contributed by atoms with Crippen molar-refractivity contribution in [3.8, 4) is 80.6 Å². The van der Waals surface area contributed by atoms with Crippen LogP contribution in [0.15, 0.2) is 207 Å². The van der Waals surface area contributed by atoms with E-state index in [1.54, 1.807) is 30.2 Å². The van der Waals surface area contributed by atoms with Crippen LogP contribution >= 0.6 is 0 Å². The number of hydrogen-bond acceptors (Lipinski definition) is 20. The van der Waals surface area contributed by atoms with E-state index in [1.807, 2.05) is 213 Å². The van der Waals surface area contributed by atoms with Gasteiger partial charge in [-0.1, -0.05) is 66.7 Å². The van der Waals surface area contributed by atoms with Gasteiger partial charge in [0.25, 0.3) is 5.91 Å². The van der Waals surface area contributed by atoms with Crippen LogP contribution in [-0.2, 0) is 19.1 Å². The van der Waals surface area contributed by atoms with Crippen LogP contribution in [0.4, 0.5) is 17.5 Å². The molecule has 0 radical (unpaired) electrons. The van der Waals surface area contributed by atoms with Crippen LogP contribution in [0.5, 0.6) is 34.5 Å². The molecule has 26 heteroatoms. The Bertz CT molecular complexity index is 5060. The van der Waals surface area contributed by atoms with Crippen molar-refractivity contribution in [3.63, 3.8) is 0 Å². The molecular formula is C77H75N19O7. The van der Waals surface area contributed by atoms with Gasteiger partial charge in [0.15, 0.2) is 16.9 Å². The minimum absolute atomic E-state index is 0.00226. The van der Waals surface area contributed by atoms with E-state index in [9.17, 15) is 14.4 Å². The lowest BCUT2D eigenvalue weighted by atomic mass is 10.1. The summed E-state index contributed by atoms with van der Waals surface area (Å²) in [5, 5.41) is 16.8. The van der Waals surface area contributed by atoms with Gasteiger partial charge in [-0.3, -0.25) is 14.4 Å². The van der Waals surface area contributed by atoms with Crippen LogP contribution in [0.2, 0.25) is 0 Å². The lowest BCUT2D eigenvalue weighted by molar-refractivity contribution is -0.125. The van der Waals surface area contributed by atoms with E-state index in [0.29, 0.717) is 119 Å². The van der Waals surface area contributed by atoms with E-state index in [4.69, 9.17) is 57.9 Å². The second-order valence-electron chi connectivity index (χ2n) is 24.9. The van der Waals surface area contributed by atoms with Crippen molar-refractivity contribution < 1.29 is 33.3 Å². The van der Waals surface area contributed by atoms with Crippen LogP contribution in [0.3, 0.4) is 0 Å². The number of anilines is 3. The van der Waals surface area contributed by atoms with Crippen LogP contribution in [0.25, 0.3) is 66.9 Å². The number of likely N-dealkylation sites (tertiary alicyclic amines) is 3. The van der Waals surface area contributed by atoms with E-state index < -0.39 is 0 Å². The van der Waals surface area contributed by atoms with Gasteiger partial charge in [-0.15, -0.1) is 6.42 Å². The lowest BCUT2D eigenvalue weighted by Crippen LogP contribution is -2.28. The Morgan fingerprint density at radius 1 is 0.466 bits per heavy atom. The molecule has 103 heavy (non-hydrogen) atoms. The number of fused-ring (bicyclic) bond motifs is 3. The Hall–Kier alpha value is -12.9. The van der Waals surface area contributed by atoms with Crippen molar-refractivity contribution in [2.45, 2.75) is 37.4 Å². The summed E-state index contributed by atoms with van der Waals surface area (Å²) in [4.78, 5) is 70.4. The molecule has 6 aromatic heterocycles. The predicted molar refractivity (Wildman–Crippen MR) is 393 cm³/mol. The predicted octanol–water partition coefficient (Wildman–Crippen LogP) is 10.9. The van der Waals surface area contributed by atoms with Crippen LogP contribution in [0, 0.1) is 12.3 Å². The van der Waals surface area contributed by atoms with Gasteiger partial charge in [-0.2, -0.15) is 15.3 Å². The molecule has 3 saturated heterocycles. The van der Waals surface area contributed by atoms with E-state index in [0.717, 1.165) is 71.2 Å². The third-order valence-corrected chi connectivity index (χ3v) is 17.7. The number of nitrogen functional groups attached to an aromatic ring is 3. The van der Waals surface area contributed by atoms with Gasteiger partial charge in [0.2, 0.25) is 11.8 Å². The van der Waals surface area contributed by atoms with Gasteiger partial charge in [0.05, 0.1) is 40.9 Å². The summed E-state index contributed by atoms with van der Waals surface area (Å²) in [5.41, 5.74) is 25.5. The number of rotatable bonds is 18. The first-order valence-electron chi connectivity index (χ1n) is 33.5. The average Bonchev–Trinajstić information content (AvgIpc) is 1.62. The molecule has 9 heterocycles. The number of hydrogen-bond donors (Lipinski definition) is 3. The molecule has 0 aliphatic carbocycles. The molecule has 6 N–H and O–H groups in total. The summed E-state index contributed by atoms with van der Waals surface area (Å²) in [6.45, 7) is 4.60. The molecule has 15 rings (SSSR count). The summed E-state index contributed by atoms with van der Waals surface area (Å²) in [5.74, 6) is 7.41. The Morgan fingerprint density at radius 3 is 1.12 bits per heavy atom. The number of nitrogens with zero attached hydrogens (tertiary/aromatic N) is 16. The molecule has 6 aromatic carbocycles. The number of carbonyl (C=O) groups is 3. The number of benzene rings is 6. The number of terminal acetylenes is 1. The lowest BCUT2D eigenvalue weighted by Gasteiger charge is -2.15. The summed E-state index contributed by atoms with van der Waals surface area (Å²) < 4.78 is 28.3. The standard InChI is InChI=1S/C27H29N7O2.C26H26N6O3.C24H20N6O2/c1-32(2)15-6-9-23(35)33-16-14-20(17-33)34-27-24(26(28)29-18-30-27)25(31-34)19-10-12-22(13-11-19)36-21-7-4-3-5-8-21;1-34-15-5-8-22(33)31-14-13-19(16-31)32-26-23(25(27)28-17-29-26)24(30-32)18-9-11-21(12-10-18)35-20-6-3-2-4-7-20;1-2-20(31)29-13-12-17(14-29)30-24-21(23(25)26-15-27-24)22(28-30)16-8-10-19(11-9-16)32-18-6-4-3-5-7-18/h3-13,18,20H,14-17H2,1-2H3,(H2,28,29,30);2-12,17,19H,13-16H2,1H3,(H2,27,28,29);1,3-11,15,17H,12-14H2,(H2,25,26,27)/b9-6+;8-5+;. The highest BCUT2D eigenvalue weighted by Gasteiger charge is 2.34. The number of methoxy groups -OCH3 is 1.